The number of imide groups is 1. The molecular weight excluding hydrogens is 226 g/mol. The number of rotatable bonds is 2. The largest absolute Gasteiger partial charge is 0.329 e. The molecule has 1 aliphatic rings. The minimum atomic E-state index is -0.665. The zero-order valence-electron chi connectivity index (χ0n) is 8.91. The summed E-state index contributed by atoms with van der Waals surface area (Å²) in [7, 11) is 0. The van der Waals surface area contributed by atoms with Gasteiger partial charge in [-0.3, -0.25) is 14.9 Å². The molecule has 1 saturated heterocycles. The van der Waals surface area contributed by atoms with Crippen LogP contribution in [0.1, 0.15) is 6.92 Å². The molecule has 0 saturated carbocycles. The van der Waals surface area contributed by atoms with Crippen LogP contribution in [0.4, 0.5) is 16.2 Å². The van der Waals surface area contributed by atoms with Gasteiger partial charge in [0, 0.05) is 6.07 Å². The van der Waals surface area contributed by atoms with Crippen molar-refractivity contribution in [2.45, 2.75) is 13.0 Å². The summed E-state index contributed by atoms with van der Waals surface area (Å²) in [5.74, 6) is -0.496. The third-order valence-electron chi connectivity index (χ3n) is 2.45. The van der Waals surface area contributed by atoms with Crippen LogP contribution in [0.25, 0.3) is 0 Å². The maximum Gasteiger partial charge on any atom is 0.329 e. The summed E-state index contributed by atoms with van der Waals surface area (Å²) in [5.41, 5.74) is -0.283. The third-order valence-corrected chi connectivity index (χ3v) is 2.45. The monoisotopic (exact) mass is 235 g/mol. The van der Waals surface area contributed by atoms with Crippen molar-refractivity contribution in [1.82, 2.24) is 5.32 Å². The van der Waals surface area contributed by atoms with Crippen LogP contribution in [0.15, 0.2) is 24.3 Å². The Hall–Kier alpha value is -2.44. The van der Waals surface area contributed by atoms with Crippen molar-refractivity contribution in [2.75, 3.05) is 4.90 Å². The number of urea groups is 1. The molecule has 0 aliphatic carbocycles. The molecule has 2 rings (SSSR count). The number of carbonyl (C=O) groups excluding carboxylic acids is 2. The molecule has 1 fully saturated rings. The van der Waals surface area contributed by atoms with Crippen LogP contribution in [-0.4, -0.2) is 22.9 Å². The van der Waals surface area contributed by atoms with Crippen molar-refractivity contribution in [1.29, 1.82) is 0 Å². The number of nitrogens with one attached hydrogen (secondary N) is 1. The molecule has 3 amide bonds. The number of benzene rings is 1. The fraction of sp³-hybridized carbons (Fsp3) is 0.200. The minimum absolute atomic E-state index is 0.00986. The molecule has 0 aromatic heterocycles. The fourth-order valence-corrected chi connectivity index (χ4v) is 1.64. The van der Waals surface area contributed by atoms with E-state index in [9.17, 15) is 19.7 Å². The van der Waals surface area contributed by atoms with Gasteiger partial charge >= 0.3 is 6.03 Å². The fourth-order valence-electron chi connectivity index (χ4n) is 1.64. The van der Waals surface area contributed by atoms with Gasteiger partial charge in [-0.1, -0.05) is 12.1 Å². The van der Waals surface area contributed by atoms with Gasteiger partial charge in [-0.15, -0.1) is 0 Å². The molecule has 1 aromatic rings. The van der Waals surface area contributed by atoms with Crippen molar-refractivity contribution >= 4 is 23.3 Å². The van der Waals surface area contributed by atoms with Crippen molar-refractivity contribution in [2.24, 2.45) is 0 Å². The van der Waals surface area contributed by atoms with Crippen molar-refractivity contribution < 1.29 is 14.5 Å². The van der Waals surface area contributed by atoms with Crippen LogP contribution >= 0.6 is 0 Å². The predicted octanol–water partition coefficient (Wildman–Crippen LogP) is 1.04. The second-order valence-electron chi connectivity index (χ2n) is 3.59. The summed E-state index contributed by atoms with van der Waals surface area (Å²) < 4.78 is 0. The number of para-hydroxylation sites is 2. The SMILES string of the molecule is C[C@H]1NC(=O)N(c2ccccc2[N+](=O)[O-])C1=O. The highest BCUT2D eigenvalue weighted by Gasteiger charge is 2.39. The Morgan fingerprint density at radius 2 is 2.00 bits per heavy atom. The summed E-state index contributed by atoms with van der Waals surface area (Å²) in [5, 5.41) is 13.2. The Morgan fingerprint density at radius 1 is 1.35 bits per heavy atom. The average molecular weight is 235 g/mol. The number of amides is 3. The van der Waals surface area contributed by atoms with Gasteiger partial charge in [0.15, 0.2) is 0 Å². The molecule has 0 spiro atoms. The summed E-state index contributed by atoms with van der Waals surface area (Å²) >= 11 is 0. The molecule has 1 N–H and O–H groups in total. The van der Waals surface area contributed by atoms with E-state index in [1.807, 2.05) is 0 Å². The Balaban J connectivity index is 2.51. The van der Waals surface area contributed by atoms with Crippen molar-refractivity contribution in [3.05, 3.63) is 34.4 Å². The molecule has 0 unspecified atom stereocenters. The van der Waals surface area contributed by atoms with Gasteiger partial charge in [0.05, 0.1) is 4.92 Å². The van der Waals surface area contributed by atoms with Gasteiger partial charge in [0.2, 0.25) is 0 Å². The number of nitro benzene ring substituents is 1. The van der Waals surface area contributed by atoms with E-state index in [0.717, 1.165) is 4.90 Å². The number of nitrogens with zero attached hydrogens (tertiary/aromatic N) is 2. The highest BCUT2D eigenvalue weighted by molar-refractivity contribution is 6.22. The summed E-state index contributed by atoms with van der Waals surface area (Å²) in [6.07, 6.45) is 0. The molecule has 1 aliphatic heterocycles. The lowest BCUT2D eigenvalue weighted by Gasteiger charge is -2.12. The van der Waals surface area contributed by atoms with E-state index in [-0.39, 0.29) is 11.4 Å². The van der Waals surface area contributed by atoms with Crippen LogP contribution in [0, 0.1) is 10.1 Å². The lowest BCUT2D eigenvalue weighted by molar-refractivity contribution is -0.384. The maximum atomic E-state index is 11.7. The first kappa shape index (κ1) is 11.1. The normalized spacial score (nSPS) is 19.4. The molecule has 88 valence electrons. The molecule has 1 heterocycles. The Bertz CT molecular complexity index is 514. The average Bonchev–Trinajstić information content (AvgIpc) is 2.53. The molecule has 1 aromatic carbocycles. The number of hydrogen-bond donors (Lipinski definition) is 1. The zero-order chi connectivity index (χ0) is 12.6. The Labute approximate surface area is 96.2 Å². The standard InChI is InChI=1S/C10H9N3O4/c1-6-9(14)12(10(15)11-6)7-4-2-3-5-8(7)13(16)17/h2-6H,1H3,(H,11,15)/t6-/m1/s1. The second-order valence-corrected chi connectivity index (χ2v) is 3.59. The van der Waals surface area contributed by atoms with Gasteiger partial charge in [-0.05, 0) is 13.0 Å². The molecule has 7 heteroatoms. The van der Waals surface area contributed by atoms with E-state index in [1.165, 1.54) is 31.2 Å². The van der Waals surface area contributed by atoms with Crippen LogP contribution in [-0.2, 0) is 4.79 Å². The number of carbonyl (C=O) groups is 2. The predicted molar refractivity (Wildman–Crippen MR) is 58.6 cm³/mol. The summed E-state index contributed by atoms with van der Waals surface area (Å²) in [6, 6.07) is 4.32. The van der Waals surface area contributed by atoms with Crippen molar-refractivity contribution in [3.8, 4) is 0 Å². The molecule has 7 nitrogen and oxygen atoms in total. The van der Waals surface area contributed by atoms with Crippen LogP contribution in [0.2, 0.25) is 0 Å². The highest BCUT2D eigenvalue weighted by atomic mass is 16.6. The first-order valence-corrected chi connectivity index (χ1v) is 4.90. The Kier molecular flexibility index (Phi) is 2.51. The van der Waals surface area contributed by atoms with Gasteiger partial charge in [0.1, 0.15) is 11.7 Å². The van der Waals surface area contributed by atoms with Gasteiger partial charge < -0.3 is 5.32 Å². The van der Waals surface area contributed by atoms with Crippen LogP contribution in [0.5, 0.6) is 0 Å². The van der Waals surface area contributed by atoms with E-state index in [1.54, 1.807) is 0 Å². The van der Waals surface area contributed by atoms with Gasteiger partial charge in [-0.2, -0.15) is 0 Å². The van der Waals surface area contributed by atoms with E-state index in [4.69, 9.17) is 0 Å². The van der Waals surface area contributed by atoms with Crippen LogP contribution in [0.3, 0.4) is 0 Å². The van der Waals surface area contributed by atoms with Gasteiger partial charge in [0.25, 0.3) is 11.6 Å². The third kappa shape index (κ3) is 1.71. The first-order valence-electron chi connectivity index (χ1n) is 4.90. The number of hydrogen-bond acceptors (Lipinski definition) is 4. The van der Waals surface area contributed by atoms with Crippen LogP contribution < -0.4 is 10.2 Å². The van der Waals surface area contributed by atoms with E-state index in [2.05, 4.69) is 5.32 Å². The highest BCUT2D eigenvalue weighted by Crippen LogP contribution is 2.29. The molecule has 17 heavy (non-hydrogen) atoms. The number of anilines is 1. The summed E-state index contributed by atoms with van der Waals surface area (Å²) in [6.45, 7) is 1.52. The Morgan fingerprint density at radius 3 is 2.53 bits per heavy atom. The molecule has 0 radical (unpaired) electrons. The second kappa shape index (κ2) is 3.85. The van der Waals surface area contributed by atoms with E-state index in [0.29, 0.717) is 0 Å². The molecule has 0 bridgehead atoms. The van der Waals surface area contributed by atoms with Gasteiger partial charge in [-0.25, -0.2) is 9.69 Å². The smallest absolute Gasteiger partial charge is 0.326 e. The first-order chi connectivity index (χ1) is 8.02. The maximum absolute atomic E-state index is 11.7. The minimum Gasteiger partial charge on any atom is -0.326 e. The topological polar surface area (TPSA) is 92.6 Å². The number of nitro groups is 1. The lowest BCUT2D eigenvalue weighted by atomic mass is 10.2. The van der Waals surface area contributed by atoms with E-state index < -0.39 is 22.9 Å². The van der Waals surface area contributed by atoms with Crippen molar-refractivity contribution in [3.63, 3.8) is 0 Å². The quantitative estimate of drug-likeness (QED) is 0.471. The molecular formula is C10H9N3O4. The van der Waals surface area contributed by atoms with E-state index >= 15 is 0 Å². The zero-order valence-corrected chi connectivity index (χ0v) is 8.91. The lowest BCUT2D eigenvalue weighted by Crippen LogP contribution is -2.31. The molecule has 1 atom stereocenters. The summed E-state index contributed by atoms with van der Waals surface area (Å²) in [4.78, 5) is 34.2.